The van der Waals surface area contributed by atoms with Crippen LogP contribution in [0.5, 0.6) is 0 Å². The van der Waals surface area contributed by atoms with Gasteiger partial charge in [-0.2, -0.15) is 0 Å². The maximum Gasteiger partial charge on any atom is 0.341 e. The molecule has 3 aromatic rings. The van der Waals surface area contributed by atoms with Gasteiger partial charge in [0.05, 0.1) is 13.0 Å². The SMILES string of the molecule is CCOC(=O)c1c(-c2cccc3ccccc23)csc1NC(=O)CCC(=O)O. The number of thiophene rings is 1. The summed E-state index contributed by atoms with van der Waals surface area (Å²) in [5.41, 5.74) is 1.82. The first kappa shape index (κ1) is 19.6. The van der Waals surface area contributed by atoms with E-state index in [9.17, 15) is 14.4 Å². The van der Waals surface area contributed by atoms with Crippen LogP contribution >= 0.6 is 11.3 Å². The summed E-state index contributed by atoms with van der Waals surface area (Å²) < 4.78 is 5.20. The van der Waals surface area contributed by atoms with E-state index in [0.717, 1.165) is 16.3 Å². The van der Waals surface area contributed by atoms with Crippen molar-refractivity contribution < 1.29 is 24.2 Å². The van der Waals surface area contributed by atoms with E-state index in [2.05, 4.69) is 5.32 Å². The third kappa shape index (κ3) is 4.20. The standard InChI is InChI=1S/C21H19NO5S/c1-2-27-21(26)19-16(12-28-20(19)22-17(23)10-11-18(24)25)15-9-5-7-13-6-3-4-8-14(13)15/h3-9,12H,2,10-11H2,1H3,(H,22,23)(H,24,25). The Morgan fingerprint density at radius 2 is 1.79 bits per heavy atom. The highest BCUT2D eigenvalue weighted by atomic mass is 32.1. The molecule has 1 amide bonds. The molecule has 0 aliphatic heterocycles. The van der Waals surface area contributed by atoms with Crippen LogP contribution in [0.4, 0.5) is 5.00 Å². The Hall–Kier alpha value is -3.19. The molecular weight excluding hydrogens is 378 g/mol. The van der Waals surface area contributed by atoms with Crippen LogP contribution < -0.4 is 5.32 Å². The summed E-state index contributed by atoms with van der Waals surface area (Å²) >= 11 is 1.22. The number of anilines is 1. The second-order valence-electron chi connectivity index (χ2n) is 6.04. The van der Waals surface area contributed by atoms with E-state index in [4.69, 9.17) is 9.84 Å². The number of ether oxygens (including phenoxy) is 1. The number of rotatable bonds is 7. The lowest BCUT2D eigenvalue weighted by atomic mass is 9.97. The summed E-state index contributed by atoms with van der Waals surface area (Å²) in [6, 6.07) is 13.7. The highest BCUT2D eigenvalue weighted by molar-refractivity contribution is 7.15. The number of carboxylic acids is 1. The van der Waals surface area contributed by atoms with E-state index < -0.39 is 17.8 Å². The number of aliphatic carboxylic acids is 1. The Bertz CT molecular complexity index is 1030. The zero-order valence-corrected chi connectivity index (χ0v) is 16.0. The van der Waals surface area contributed by atoms with Crippen molar-refractivity contribution >= 4 is 45.0 Å². The van der Waals surface area contributed by atoms with Crippen molar-refractivity contribution in [1.82, 2.24) is 0 Å². The van der Waals surface area contributed by atoms with E-state index >= 15 is 0 Å². The van der Waals surface area contributed by atoms with Gasteiger partial charge in [-0.15, -0.1) is 11.3 Å². The van der Waals surface area contributed by atoms with Gasteiger partial charge in [-0.1, -0.05) is 42.5 Å². The normalized spacial score (nSPS) is 10.6. The molecule has 7 heteroatoms. The number of esters is 1. The average Bonchev–Trinajstić information content (AvgIpc) is 3.09. The Morgan fingerprint density at radius 3 is 2.54 bits per heavy atom. The van der Waals surface area contributed by atoms with Gasteiger partial charge < -0.3 is 15.2 Å². The second-order valence-corrected chi connectivity index (χ2v) is 6.92. The monoisotopic (exact) mass is 397 g/mol. The predicted octanol–water partition coefficient (Wildman–Crippen LogP) is 4.55. The van der Waals surface area contributed by atoms with Crippen molar-refractivity contribution in [2.45, 2.75) is 19.8 Å². The molecule has 144 valence electrons. The average molecular weight is 397 g/mol. The molecule has 0 fully saturated rings. The minimum Gasteiger partial charge on any atom is -0.481 e. The third-order valence-corrected chi connectivity index (χ3v) is 5.06. The summed E-state index contributed by atoms with van der Waals surface area (Å²) in [6.45, 7) is 1.92. The van der Waals surface area contributed by atoms with Crippen LogP contribution in [0.25, 0.3) is 21.9 Å². The molecule has 0 spiro atoms. The van der Waals surface area contributed by atoms with Crippen LogP contribution in [0.15, 0.2) is 47.8 Å². The molecule has 6 nitrogen and oxygen atoms in total. The minimum absolute atomic E-state index is 0.168. The fourth-order valence-corrected chi connectivity index (χ4v) is 3.89. The molecule has 0 saturated heterocycles. The zero-order valence-electron chi connectivity index (χ0n) is 15.2. The molecule has 0 saturated carbocycles. The van der Waals surface area contributed by atoms with Gasteiger partial charge in [0.15, 0.2) is 0 Å². The first-order valence-electron chi connectivity index (χ1n) is 8.79. The molecular formula is C21H19NO5S. The maximum absolute atomic E-state index is 12.6. The van der Waals surface area contributed by atoms with Crippen LogP contribution in [-0.4, -0.2) is 29.6 Å². The second kappa shape index (κ2) is 8.67. The molecule has 28 heavy (non-hydrogen) atoms. The molecule has 0 aliphatic rings. The van der Waals surface area contributed by atoms with E-state index in [1.807, 2.05) is 42.5 Å². The van der Waals surface area contributed by atoms with Crippen molar-refractivity contribution in [3.63, 3.8) is 0 Å². The summed E-state index contributed by atoms with van der Waals surface area (Å²) in [5, 5.41) is 15.6. The van der Waals surface area contributed by atoms with E-state index in [0.29, 0.717) is 10.6 Å². The number of carbonyl (C=O) groups is 3. The third-order valence-electron chi connectivity index (χ3n) is 4.17. The lowest BCUT2D eigenvalue weighted by Crippen LogP contribution is -2.15. The molecule has 0 aliphatic carbocycles. The molecule has 0 atom stereocenters. The number of hydrogen-bond donors (Lipinski definition) is 2. The van der Waals surface area contributed by atoms with Crippen LogP contribution in [0.3, 0.4) is 0 Å². The van der Waals surface area contributed by atoms with Gasteiger partial charge in [0.25, 0.3) is 0 Å². The number of benzene rings is 2. The van der Waals surface area contributed by atoms with Crippen LogP contribution in [-0.2, 0) is 14.3 Å². The number of hydrogen-bond acceptors (Lipinski definition) is 5. The van der Waals surface area contributed by atoms with Gasteiger partial charge >= 0.3 is 11.9 Å². The molecule has 0 bridgehead atoms. The van der Waals surface area contributed by atoms with Gasteiger partial charge in [0.2, 0.25) is 5.91 Å². The number of amides is 1. The summed E-state index contributed by atoms with van der Waals surface area (Å²) in [6.07, 6.45) is -0.443. The highest BCUT2D eigenvalue weighted by Gasteiger charge is 2.23. The maximum atomic E-state index is 12.6. The largest absolute Gasteiger partial charge is 0.481 e. The number of nitrogens with one attached hydrogen (secondary N) is 1. The Morgan fingerprint density at radius 1 is 1.04 bits per heavy atom. The smallest absolute Gasteiger partial charge is 0.341 e. The van der Waals surface area contributed by atoms with Crippen molar-refractivity contribution in [2.24, 2.45) is 0 Å². The Kier molecular flexibility index (Phi) is 6.06. The van der Waals surface area contributed by atoms with E-state index in [1.54, 1.807) is 12.3 Å². The predicted molar refractivity (Wildman–Crippen MR) is 109 cm³/mol. The van der Waals surface area contributed by atoms with Gasteiger partial charge in [-0.05, 0) is 23.3 Å². The van der Waals surface area contributed by atoms with E-state index in [1.165, 1.54) is 11.3 Å². The molecule has 0 unspecified atom stereocenters. The molecule has 1 heterocycles. The van der Waals surface area contributed by atoms with Crippen LogP contribution in [0.1, 0.15) is 30.1 Å². The van der Waals surface area contributed by atoms with Gasteiger partial charge in [0, 0.05) is 17.4 Å². The van der Waals surface area contributed by atoms with Crippen molar-refractivity contribution in [3.05, 3.63) is 53.4 Å². The molecule has 0 radical (unpaired) electrons. The minimum atomic E-state index is -1.05. The molecule has 1 aromatic heterocycles. The first-order chi connectivity index (χ1) is 13.5. The van der Waals surface area contributed by atoms with Gasteiger partial charge in [-0.3, -0.25) is 9.59 Å². The fourth-order valence-electron chi connectivity index (χ4n) is 2.92. The summed E-state index contributed by atoms with van der Waals surface area (Å²) in [5.74, 6) is -2.04. The number of fused-ring (bicyclic) bond motifs is 1. The van der Waals surface area contributed by atoms with Gasteiger partial charge in [0.1, 0.15) is 10.6 Å². The topological polar surface area (TPSA) is 92.7 Å². The molecule has 2 aromatic carbocycles. The van der Waals surface area contributed by atoms with Crippen LogP contribution in [0, 0.1) is 0 Å². The Labute approximate surface area is 165 Å². The highest BCUT2D eigenvalue weighted by Crippen LogP contribution is 2.39. The molecule has 2 N–H and O–H groups in total. The number of carboxylic acid groups (broad SMARTS) is 1. The lowest BCUT2D eigenvalue weighted by Gasteiger charge is -2.10. The zero-order chi connectivity index (χ0) is 20.1. The molecule has 3 rings (SSSR count). The van der Waals surface area contributed by atoms with Crippen molar-refractivity contribution in [1.29, 1.82) is 0 Å². The van der Waals surface area contributed by atoms with Crippen LogP contribution in [0.2, 0.25) is 0 Å². The Balaban J connectivity index is 2.04. The van der Waals surface area contributed by atoms with E-state index in [-0.39, 0.29) is 25.0 Å². The first-order valence-corrected chi connectivity index (χ1v) is 9.67. The van der Waals surface area contributed by atoms with Gasteiger partial charge in [-0.25, -0.2) is 4.79 Å². The number of carbonyl (C=O) groups excluding carboxylic acids is 2. The fraction of sp³-hybridized carbons (Fsp3) is 0.190. The summed E-state index contributed by atoms with van der Waals surface area (Å²) in [4.78, 5) is 35.4. The summed E-state index contributed by atoms with van der Waals surface area (Å²) in [7, 11) is 0. The van der Waals surface area contributed by atoms with Crippen molar-refractivity contribution in [2.75, 3.05) is 11.9 Å². The quantitative estimate of drug-likeness (QED) is 0.571. The lowest BCUT2D eigenvalue weighted by molar-refractivity contribution is -0.138. The van der Waals surface area contributed by atoms with Crippen molar-refractivity contribution in [3.8, 4) is 11.1 Å².